The van der Waals surface area contributed by atoms with Crippen LogP contribution in [0.1, 0.15) is 111 Å². The third-order valence-corrected chi connectivity index (χ3v) is 15.7. The van der Waals surface area contributed by atoms with E-state index in [1.165, 1.54) is 19.4 Å². The first kappa shape index (κ1) is 91.3. The molecule has 1 aliphatic heterocycles. The first-order valence-corrected chi connectivity index (χ1v) is 33.0. The largest absolute Gasteiger partial charge is 0.481 e. The molecule has 28 N–H and O–H groups in total. The average Bonchev–Trinajstić information content (AvgIpc) is 1.75. The maximum Gasteiger partial charge on any atom is 0.326 e. The molecule has 1 fully saturated rings. The number of aromatic amines is 1. The molecule has 107 heavy (non-hydrogen) atoms. The number of amides is 14. The Bertz CT molecular complexity index is 3410. The van der Waals surface area contributed by atoms with Crippen molar-refractivity contribution in [3.05, 3.63) is 18.2 Å². The lowest BCUT2D eigenvalue weighted by atomic mass is 10.1. The van der Waals surface area contributed by atoms with E-state index in [1.807, 2.05) is 16.0 Å². The number of carbonyl (C=O) groups excluding carboxylic acids is 14. The Balaban J connectivity index is 2.22. The Hall–Kier alpha value is -11.7. The molecule has 1 aliphatic rings. The highest BCUT2D eigenvalue weighted by Gasteiger charge is 2.41. The Labute approximate surface area is 608 Å². The van der Waals surface area contributed by atoms with Crippen LogP contribution in [0.4, 0.5) is 0 Å². The molecule has 1 saturated heterocycles. The molecule has 0 radical (unpaired) electrons. The molecule has 47 nitrogen and oxygen atoms in total. The second kappa shape index (κ2) is 44.8. The molecular formula is C60H94N20O27. The van der Waals surface area contributed by atoms with Crippen molar-refractivity contribution in [1.29, 1.82) is 0 Å². The zero-order valence-corrected chi connectivity index (χ0v) is 58.9. The molecule has 0 aliphatic carbocycles. The number of aliphatic imine (C=N–C) groups is 1. The Morgan fingerprint density at radius 1 is 0.523 bits per heavy atom. The molecule has 0 saturated carbocycles. The molecule has 1 aromatic heterocycles. The van der Waals surface area contributed by atoms with Gasteiger partial charge in [0.2, 0.25) is 82.7 Å². The van der Waals surface area contributed by atoms with Gasteiger partial charge in [0.15, 0.2) is 5.96 Å². The number of imidazole rings is 1. The number of nitrogens with zero attached hydrogens (tertiary/aromatic N) is 3. The van der Waals surface area contributed by atoms with Crippen LogP contribution in [0, 0.1) is 0 Å². The second-order valence-electron chi connectivity index (χ2n) is 24.6. The number of hydrogen-bond donors (Lipinski definition) is 25. The van der Waals surface area contributed by atoms with Crippen molar-refractivity contribution in [1.82, 2.24) is 84.0 Å². The molecule has 16 atom stereocenters. The summed E-state index contributed by atoms with van der Waals surface area (Å²) in [6, 6.07) is -23.8. The number of nitrogens with one attached hydrogen (secondary N) is 14. The van der Waals surface area contributed by atoms with Crippen molar-refractivity contribution in [3.8, 4) is 0 Å². The highest BCUT2D eigenvalue weighted by molar-refractivity contribution is 6.01. The molecule has 2 rings (SSSR count). The minimum absolute atomic E-state index is 0.00559. The van der Waals surface area contributed by atoms with Crippen LogP contribution < -0.4 is 86.3 Å². The molecule has 596 valence electrons. The van der Waals surface area contributed by atoms with Gasteiger partial charge in [-0.2, -0.15) is 0 Å². The maximum absolute atomic E-state index is 14.2. The molecule has 0 bridgehead atoms. The van der Waals surface area contributed by atoms with Crippen molar-refractivity contribution < 1.29 is 132 Å². The SMILES string of the molecule is C[C@H](NC(=O)[C@H](C)NC(=O)[C@H](CCC(=O)O)NC(=O)CNC(=O)[C@H](Cc1cnc[nH]1)NC(=O)[C@@H](N)[C@@H](C)O)C(=O)N[C@@H](C)C(=O)N[C@@H](CCC(=O)O)C(=O)N[C@H](C(=O)N[C@@H](CC(=O)O)C(=O)N[C@@H](CO)C(=O)N[C@@H](CCCN=C(N)N)C(=O)N1CCC[C@H]1C(=O)N[C@@H](C)C(=O)N[C@@H](CC(=O)O)C(=O)O)[C@@H](C)O. The number of aliphatic carboxylic acids is 5. The minimum atomic E-state index is -2.22. The van der Waals surface area contributed by atoms with Gasteiger partial charge in [0.25, 0.3) is 0 Å². The minimum Gasteiger partial charge on any atom is -0.481 e. The second-order valence-corrected chi connectivity index (χ2v) is 24.6. The van der Waals surface area contributed by atoms with Crippen molar-refractivity contribution in [3.63, 3.8) is 0 Å². The van der Waals surface area contributed by atoms with Crippen LogP contribution in [-0.2, 0) is 97.5 Å². The van der Waals surface area contributed by atoms with E-state index >= 15 is 0 Å². The summed E-state index contributed by atoms with van der Waals surface area (Å²) in [5, 5.41) is 106. The lowest BCUT2D eigenvalue weighted by Crippen LogP contribution is -2.62. The van der Waals surface area contributed by atoms with Crippen LogP contribution >= 0.6 is 0 Å². The van der Waals surface area contributed by atoms with Gasteiger partial charge in [-0.15, -0.1) is 0 Å². The van der Waals surface area contributed by atoms with E-state index in [0.717, 1.165) is 39.5 Å². The third kappa shape index (κ3) is 32.4. The molecule has 14 amide bonds. The van der Waals surface area contributed by atoms with Crippen LogP contribution in [0.25, 0.3) is 0 Å². The van der Waals surface area contributed by atoms with Crippen LogP contribution in [0.3, 0.4) is 0 Å². The van der Waals surface area contributed by atoms with Gasteiger partial charge in [-0.05, 0) is 80.1 Å². The fraction of sp³-hybridized carbons (Fsp3) is 0.617. The predicted octanol–water partition coefficient (Wildman–Crippen LogP) is -12.1. The van der Waals surface area contributed by atoms with Crippen molar-refractivity contribution >= 4 is 119 Å². The Morgan fingerprint density at radius 2 is 0.981 bits per heavy atom. The quantitative estimate of drug-likeness (QED) is 0.0164. The standard InChI is InChI=1S/C60H94N20O27/c1-24(68-47(94)25(2)70-51(98)31(11-13-40(85)86)72-39(84)21-66-50(97)34(17-30-20-64-23-67-30)75-56(103)44(61)28(5)82)46(93)69-26(3)48(95)73-32(12-14-41(87)88)52(99)79-45(29(6)83)57(104)76-35(18-42(89)90)53(100)78-37(22-81)54(101)74-33(9-7-15-65-60(62)63)58(105)80-16-8-10-38(80)55(102)71-27(4)49(96)77-36(59(106)107)19-43(91)92/h20,23-29,31-38,44-45,81-83H,7-19,21-22,61H2,1-6H3,(H,64,67)(H,66,97)(H,68,94)(H,69,93)(H,70,98)(H,71,102)(H,72,84)(H,73,95)(H,74,101)(H,75,103)(H,76,104)(H,77,96)(H,78,100)(H,79,99)(H,85,86)(H,87,88)(H,89,90)(H,91,92)(H,106,107)(H4,62,63,65)/t24-,25-,26-,27-,28+,29+,31-,32-,33-,34-,35-,36-,37-,38-,44-,45-/m0/s1. The molecule has 1 aromatic rings. The van der Waals surface area contributed by atoms with Crippen molar-refractivity contribution in [2.24, 2.45) is 22.2 Å². The maximum atomic E-state index is 14.2. The van der Waals surface area contributed by atoms with Gasteiger partial charge in [0.1, 0.15) is 84.6 Å². The van der Waals surface area contributed by atoms with Crippen LogP contribution in [-0.4, -0.2) is 297 Å². The summed E-state index contributed by atoms with van der Waals surface area (Å²) in [5.41, 5.74) is 16.9. The van der Waals surface area contributed by atoms with E-state index < -0.39 is 261 Å². The number of carbonyl (C=O) groups is 19. The van der Waals surface area contributed by atoms with Gasteiger partial charge in [-0.25, -0.2) is 9.78 Å². The Kier molecular flexibility index (Phi) is 38.2. The summed E-state index contributed by atoms with van der Waals surface area (Å²) < 4.78 is 0. The topological polar surface area (TPSA) is 765 Å². The summed E-state index contributed by atoms with van der Waals surface area (Å²) in [7, 11) is 0. The predicted molar refractivity (Wildman–Crippen MR) is 360 cm³/mol. The average molecular weight is 1530 g/mol. The number of aromatic nitrogens is 2. The fourth-order valence-corrected chi connectivity index (χ4v) is 9.76. The fourth-order valence-electron chi connectivity index (χ4n) is 9.76. The number of guanidine groups is 1. The molecular weight excluding hydrogens is 1430 g/mol. The number of carboxylic acids is 5. The lowest BCUT2D eigenvalue weighted by Gasteiger charge is -2.30. The summed E-state index contributed by atoms with van der Waals surface area (Å²) in [4.78, 5) is 258. The van der Waals surface area contributed by atoms with Gasteiger partial charge in [0.05, 0.1) is 44.5 Å². The molecule has 0 unspecified atom stereocenters. The van der Waals surface area contributed by atoms with Crippen molar-refractivity contribution in [2.45, 2.75) is 209 Å². The number of aliphatic hydroxyl groups excluding tert-OH is 3. The van der Waals surface area contributed by atoms with E-state index in [9.17, 15) is 127 Å². The summed E-state index contributed by atoms with van der Waals surface area (Å²) in [6.45, 7) is 4.27. The highest BCUT2D eigenvalue weighted by Crippen LogP contribution is 2.21. The zero-order chi connectivity index (χ0) is 81.3. The molecule has 0 aromatic carbocycles. The van der Waals surface area contributed by atoms with E-state index in [1.54, 1.807) is 0 Å². The first-order valence-electron chi connectivity index (χ1n) is 33.0. The van der Waals surface area contributed by atoms with E-state index in [0.29, 0.717) is 5.69 Å². The van der Waals surface area contributed by atoms with Crippen LogP contribution in [0.5, 0.6) is 0 Å². The van der Waals surface area contributed by atoms with E-state index in [4.69, 9.17) is 22.3 Å². The Morgan fingerprint density at radius 3 is 1.48 bits per heavy atom. The van der Waals surface area contributed by atoms with Gasteiger partial charge in [0, 0.05) is 44.2 Å². The number of H-pyrrole nitrogens is 1. The van der Waals surface area contributed by atoms with E-state index in [-0.39, 0.29) is 51.2 Å². The van der Waals surface area contributed by atoms with Gasteiger partial charge in [-0.3, -0.25) is 91.3 Å². The summed E-state index contributed by atoms with van der Waals surface area (Å²) in [5.74, 6) is -24.3. The van der Waals surface area contributed by atoms with Crippen LogP contribution in [0.2, 0.25) is 0 Å². The molecule has 2 heterocycles. The third-order valence-electron chi connectivity index (χ3n) is 15.7. The normalized spacial score (nSPS) is 16.6. The number of nitrogens with two attached hydrogens (primary N) is 3. The summed E-state index contributed by atoms with van der Waals surface area (Å²) in [6.07, 6.45) is -6.11. The van der Waals surface area contributed by atoms with Crippen LogP contribution in [0.15, 0.2) is 17.5 Å². The zero-order valence-electron chi connectivity index (χ0n) is 58.9. The molecule has 47 heteroatoms. The van der Waals surface area contributed by atoms with E-state index in [2.05, 4.69) is 68.1 Å². The first-order chi connectivity index (χ1) is 50.0. The molecule has 0 spiro atoms. The summed E-state index contributed by atoms with van der Waals surface area (Å²) >= 11 is 0. The monoisotopic (exact) mass is 1530 g/mol. The van der Waals surface area contributed by atoms with Crippen molar-refractivity contribution in [2.75, 3.05) is 26.2 Å². The van der Waals surface area contributed by atoms with Gasteiger partial charge < -0.3 is 137 Å². The number of carboxylic acid groups (broad SMARTS) is 5. The van der Waals surface area contributed by atoms with Gasteiger partial charge >= 0.3 is 29.8 Å². The number of hydrogen-bond acceptors (Lipinski definition) is 25. The highest BCUT2D eigenvalue weighted by atomic mass is 16.4. The number of aliphatic hydroxyl groups is 3. The smallest absolute Gasteiger partial charge is 0.326 e. The number of likely N-dealkylation sites (tertiary alicyclic amines) is 1. The van der Waals surface area contributed by atoms with Gasteiger partial charge in [-0.1, -0.05) is 0 Å². The lowest BCUT2D eigenvalue weighted by molar-refractivity contribution is -0.147. The number of rotatable bonds is 47.